The zero-order chi connectivity index (χ0) is 19.8. The third-order valence-electron chi connectivity index (χ3n) is 4.85. The maximum Gasteiger partial charge on any atom is 0.231 e. The predicted octanol–water partition coefficient (Wildman–Crippen LogP) is 2.10. The molecule has 1 saturated heterocycles. The third kappa shape index (κ3) is 3.39. The van der Waals surface area contributed by atoms with Gasteiger partial charge in [0.15, 0.2) is 11.4 Å². The second-order valence-electron chi connectivity index (χ2n) is 7.13. The standard InChI is InChI=1S/C20H22N6O3/c1-13(21)12-28-19-3-2-18-23-11-16(26(18)24-19)17-10-14-15(4-5-22-20(14)29-17)25-6-8-27-9-7-25/h2-5,10-11,13H,6-9,12,21H2,1H3/t13-/m1/s1. The summed E-state index contributed by atoms with van der Waals surface area (Å²) in [5.74, 6) is 1.13. The molecule has 0 unspecified atom stereocenters. The molecule has 9 heteroatoms. The smallest absolute Gasteiger partial charge is 0.231 e. The van der Waals surface area contributed by atoms with Gasteiger partial charge < -0.3 is 24.5 Å². The Morgan fingerprint density at radius 1 is 1.21 bits per heavy atom. The Kier molecular flexibility index (Phi) is 4.53. The molecule has 9 nitrogen and oxygen atoms in total. The second kappa shape index (κ2) is 7.34. The molecule has 1 fully saturated rings. The topological polar surface area (TPSA) is 104 Å². The number of fused-ring (bicyclic) bond motifs is 2. The summed E-state index contributed by atoms with van der Waals surface area (Å²) in [6, 6.07) is 7.57. The lowest BCUT2D eigenvalue weighted by Crippen LogP contribution is -2.36. The van der Waals surface area contributed by atoms with Gasteiger partial charge in [-0.15, -0.1) is 5.10 Å². The van der Waals surface area contributed by atoms with Crippen LogP contribution in [0.1, 0.15) is 6.92 Å². The molecule has 5 heterocycles. The van der Waals surface area contributed by atoms with Gasteiger partial charge >= 0.3 is 0 Å². The first-order valence-electron chi connectivity index (χ1n) is 9.64. The van der Waals surface area contributed by atoms with Gasteiger partial charge in [0.2, 0.25) is 11.6 Å². The molecule has 29 heavy (non-hydrogen) atoms. The van der Waals surface area contributed by atoms with Crippen molar-refractivity contribution >= 4 is 22.4 Å². The highest BCUT2D eigenvalue weighted by molar-refractivity contribution is 5.91. The van der Waals surface area contributed by atoms with Crippen LogP contribution < -0.4 is 15.4 Å². The van der Waals surface area contributed by atoms with E-state index in [1.807, 2.05) is 25.1 Å². The van der Waals surface area contributed by atoms with Gasteiger partial charge in [-0.3, -0.25) is 0 Å². The van der Waals surface area contributed by atoms with E-state index in [-0.39, 0.29) is 6.04 Å². The molecule has 0 aromatic carbocycles. The van der Waals surface area contributed by atoms with Crippen molar-refractivity contribution in [2.24, 2.45) is 5.73 Å². The first kappa shape index (κ1) is 17.9. The van der Waals surface area contributed by atoms with Crippen LogP contribution in [0.3, 0.4) is 0 Å². The molecule has 150 valence electrons. The fraction of sp³-hybridized carbons (Fsp3) is 0.350. The number of imidazole rings is 1. The molecule has 4 aromatic rings. The van der Waals surface area contributed by atoms with Crippen LogP contribution in [0.2, 0.25) is 0 Å². The number of aromatic nitrogens is 4. The zero-order valence-corrected chi connectivity index (χ0v) is 16.1. The summed E-state index contributed by atoms with van der Waals surface area (Å²) >= 11 is 0. The van der Waals surface area contributed by atoms with Crippen LogP contribution in [0.25, 0.3) is 28.2 Å². The lowest BCUT2D eigenvalue weighted by atomic mass is 10.2. The SMILES string of the molecule is C[C@@H](N)COc1ccc2ncc(-c3cc4c(N5CCOCC5)ccnc4o3)n2n1. The Labute approximate surface area is 167 Å². The lowest BCUT2D eigenvalue weighted by Gasteiger charge is -2.29. The summed E-state index contributed by atoms with van der Waals surface area (Å²) < 4.78 is 18.9. The van der Waals surface area contributed by atoms with Crippen molar-refractivity contribution in [2.75, 3.05) is 37.8 Å². The molecule has 1 aliphatic rings. The Bertz CT molecular complexity index is 1150. The van der Waals surface area contributed by atoms with Gasteiger partial charge in [0, 0.05) is 31.4 Å². The molecule has 0 aliphatic carbocycles. The molecule has 0 spiro atoms. The molecule has 1 atom stereocenters. The number of pyridine rings is 1. The van der Waals surface area contributed by atoms with E-state index in [9.17, 15) is 0 Å². The number of rotatable bonds is 5. The number of hydrogen-bond donors (Lipinski definition) is 1. The Morgan fingerprint density at radius 2 is 2.07 bits per heavy atom. The van der Waals surface area contributed by atoms with Gasteiger partial charge in [0.1, 0.15) is 12.3 Å². The van der Waals surface area contributed by atoms with E-state index in [1.165, 1.54) is 0 Å². The number of morpholine rings is 1. The van der Waals surface area contributed by atoms with Crippen molar-refractivity contribution in [3.8, 4) is 17.3 Å². The van der Waals surface area contributed by atoms with Crippen molar-refractivity contribution in [2.45, 2.75) is 13.0 Å². The van der Waals surface area contributed by atoms with Crippen LogP contribution in [-0.2, 0) is 4.74 Å². The fourth-order valence-electron chi connectivity index (χ4n) is 3.45. The maximum absolute atomic E-state index is 6.06. The van der Waals surface area contributed by atoms with Crippen LogP contribution in [-0.4, -0.2) is 58.5 Å². The third-order valence-corrected chi connectivity index (χ3v) is 4.85. The first-order chi connectivity index (χ1) is 14.2. The van der Waals surface area contributed by atoms with Crippen molar-refractivity contribution in [1.29, 1.82) is 0 Å². The Morgan fingerprint density at radius 3 is 2.90 bits per heavy atom. The number of anilines is 1. The van der Waals surface area contributed by atoms with Gasteiger partial charge in [-0.1, -0.05) is 0 Å². The van der Waals surface area contributed by atoms with Crippen LogP contribution in [0.5, 0.6) is 5.88 Å². The Balaban J connectivity index is 1.55. The lowest BCUT2D eigenvalue weighted by molar-refractivity contribution is 0.123. The van der Waals surface area contributed by atoms with E-state index in [1.54, 1.807) is 23.0 Å². The predicted molar refractivity (Wildman–Crippen MR) is 108 cm³/mol. The summed E-state index contributed by atoms with van der Waals surface area (Å²) in [6.45, 7) is 5.40. The van der Waals surface area contributed by atoms with E-state index in [0.717, 1.165) is 43.1 Å². The van der Waals surface area contributed by atoms with Gasteiger partial charge in [-0.05, 0) is 25.1 Å². The summed E-state index contributed by atoms with van der Waals surface area (Å²) in [7, 11) is 0. The molecule has 4 aromatic heterocycles. The minimum Gasteiger partial charge on any atom is -0.475 e. The van der Waals surface area contributed by atoms with E-state index in [4.69, 9.17) is 19.6 Å². The average molecular weight is 394 g/mol. The largest absolute Gasteiger partial charge is 0.475 e. The van der Waals surface area contributed by atoms with Crippen molar-refractivity contribution < 1.29 is 13.9 Å². The van der Waals surface area contributed by atoms with Crippen LogP contribution in [0.4, 0.5) is 5.69 Å². The van der Waals surface area contributed by atoms with Gasteiger partial charge in [0.05, 0.1) is 30.5 Å². The number of hydrogen-bond acceptors (Lipinski definition) is 8. The molecule has 5 rings (SSSR count). The number of nitrogens with zero attached hydrogens (tertiary/aromatic N) is 5. The molecular weight excluding hydrogens is 372 g/mol. The minimum absolute atomic E-state index is 0.0742. The summed E-state index contributed by atoms with van der Waals surface area (Å²) in [5.41, 5.74) is 8.88. The summed E-state index contributed by atoms with van der Waals surface area (Å²) in [6.07, 6.45) is 3.51. The molecule has 1 aliphatic heterocycles. The van der Waals surface area contributed by atoms with Gasteiger partial charge in [0.25, 0.3) is 0 Å². The number of furan rings is 1. The van der Waals surface area contributed by atoms with Gasteiger partial charge in [-0.2, -0.15) is 0 Å². The quantitative estimate of drug-likeness (QED) is 0.549. The highest BCUT2D eigenvalue weighted by atomic mass is 16.5. The van der Waals surface area contributed by atoms with Gasteiger partial charge in [-0.25, -0.2) is 14.5 Å². The van der Waals surface area contributed by atoms with Crippen molar-refractivity contribution in [3.05, 3.63) is 36.7 Å². The molecular formula is C20H22N6O3. The summed E-state index contributed by atoms with van der Waals surface area (Å²) in [4.78, 5) is 11.1. The monoisotopic (exact) mass is 394 g/mol. The number of nitrogens with two attached hydrogens (primary N) is 1. The van der Waals surface area contributed by atoms with Crippen LogP contribution in [0, 0.1) is 0 Å². The summed E-state index contributed by atoms with van der Waals surface area (Å²) in [5, 5.41) is 5.50. The molecule has 2 N–H and O–H groups in total. The van der Waals surface area contributed by atoms with E-state index < -0.39 is 0 Å². The number of ether oxygens (including phenoxy) is 2. The molecule has 0 radical (unpaired) electrons. The first-order valence-corrected chi connectivity index (χ1v) is 9.64. The van der Waals surface area contributed by atoms with Crippen LogP contribution >= 0.6 is 0 Å². The molecule has 0 bridgehead atoms. The second-order valence-corrected chi connectivity index (χ2v) is 7.13. The van der Waals surface area contributed by atoms with E-state index in [2.05, 4.69) is 20.0 Å². The van der Waals surface area contributed by atoms with Crippen molar-refractivity contribution in [1.82, 2.24) is 19.6 Å². The highest BCUT2D eigenvalue weighted by Crippen LogP contribution is 2.33. The fourth-order valence-corrected chi connectivity index (χ4v) is 3.45. The average Bonchev–Trinajstić information content (AvgIpc) is 3.36. The molecule has 0 amide bonds. The highest BCUT2D eigenvalue weighted by Gasteiger charge is 2.19. The normalized spacial score (nSPS) is 15.9. The van der Waals surface area contributed by atoms with E-state index in [0.29, 0.717) is 29.6 Å². The molecule has 0 saturated carbocycles. The zero-order valence-electron chi connectivity index (χ0n) is 16.1. The Hall–Kier alpha value is -3.17. The maximum atomic E-state index is 6.06. The minimum atomic E-state index is -0.0742. The van der Waals surface area contributed by atoms with Crippen LogP contribution in [0.15, 0.2) is 41.1 Å². The van der Waals surface area contributed by atoms with Crippen molar-refractivity contribution in [3.63, 3.8) is 0 Å². The van der Waals surface area contributed by atoms with E-state index >= 15 is 0 Å².